The van der Waals surface area contributed by atoms with Crippen LogP contribution >= 0.6 is 0 Å². The molecule has 1 N–H and O–H groups in total. The molecule has 2 aromatic heterocycles. The van der Waals surface area contributed by atoms with Crippen LogP contribution in [0.25, 0.3) is 11.0 Å². The zero-order valence-electron chi connectivity index (χ0n) is 20.3. The van der Waals surface area contributed by atoms with Crippen molar-refractivity contribution in [1.82, 2.24) is 25.0 Å². The molecule has 0 spiro atoms. The average Bonchev–Trinajstić information content (AvgIpc) is 3.11. The largest absolute Gasteiger partial charge is 0.359 e. The molecule has 0 aromatic carbocycles. The second kappa shape index (κ2) is 10.2. The number of piperidine rings is 1. The Morgan fingerprint density at radius 3 is 2.56 bits per heavy atom. The van der Waals surface area contributed by atoms with Gasteiger partial charge >= 0.3 is 0 Å². The Labute approximate surface area is 192 Å². The maximum atomic E-state index is 13.1. The number of carbonyl (C=O) groups is 1. The predicted molar refractivity (Wildman–Crippen MR) is 130 cm³/mol. The van der Waals surface area contributed by atoms with Crippen molar-refractivity contribution < 1.29 is 4.79 Å². The lowest BCUT2D eigenvalue weighted by Crippen LogP contribution is -2.46. The monoisotopic (exact) mass is 440 g/mol. The highest BCUT2D eigenvalue weighted by molar-refractivity contribution is 6.04. The quantitative estimate of drug-likeness (QED) is 0.709. The molecule has 1 saturated carbocycles. The Hall–Kier alpha value is -2.15. The third kappa shape index (κ3) is 5.42. The second-order valence-corrected chi connectivity index (χ2v) is 10.3. The maximum Gasteiger partial charge on any atom is 0.272 e. The standard InChI is InChI=1S/C25H40N6O/c1-18(2)16-29(3)22-11-10-21-23(28-30(4)24(21)27-22)25(32)26-20-12-14-31(15-13-20)17-19-8-6-5-7-9-19/h10-11,18-20H,5-9,12-17H2,1-4H3,(H,26,32). The molecule has 2 aliphatic rings. The molecule has 0 unspecified atom stereocenters. The van der Waals surface area contributed by atoms with E-state index in [1.165, 1.54) is 38.6 Å². The highest BCUT2D eigenvalue weighted by Crippen LogP contribution is 2.26. The zero-order valence-corrected chi connectivity index (χ0v) is 20.3. The Morgan fingerprint density at radius 1 is 1.16 bits per heavy atom. The van der Waals surface area contributed by atoms with Crippen LogP contribution in [0.4, 0.5) is 5.82 Å². The number of anilines is 1. The summed E-state index contributed by atoms with van der Waals surface area (Å²) in [5.74, 6) is 2.27. The molecule has 1 aliphatic carbocycles. The molecular weight excluding hydrogens is 400 g/mol. The molecule has 1 saturated heterocycles. The van der Waals surface area contributed by atoms with Crippen molar-refractivity contribution in [1.29, 1.82) is 0 Å². The average molecular weight is 441 g/mol. The van der Waals surface area contributed by atoms with Crippen LogP contribution in [-0.4, -0.2) is 64.8 Å². The highest BCUT2D eigenvalue weighted by Gasteiger charge is 2.26. The Bertz CT molecular complexity index is 909. The Balaban J connectivity index is 1.35. The first-order valence-electron chi connectivity index (χ1n) is 12.5. The van der Waals surface area contributed by atoms with Crippen LogP contribution in [-0.2, 0) is 7.05 Å². The molecule has 3 heterocycles. The van der Waals surface area contributed by atoms with E-state index in [0.29, 0.717) is 11.6 Å². The maximum absolute atomic E-state index is 13.1. The van der Waals surface area contributed by atoms with Crippen LogP contribution < -0.4 is 10.2 Å². The number of aromatic nitrogens is 3. The topological polar surface area (TPSA) is 66.3 Å². The van der Waals surface area contributed by atoms with E-state index >= 15 is 0 Å². The number of nitrogens with zero attached hydrogens (tertiary/aromatic N) is 5. The van der Waals surface area contributed by atoms with Gasteiger partial charge in [-0.15, -0.1) is 0 Å². The van der Waals surface area contributed by atoms with Gasteiger partial charge in [-0.05, 0) is 49.7 Å². The van der Waals surface area contributed by atoms with Crippen molar-refractivity contribution in [3.63, 3.8) is 0 Å². The molecule has 7 nitrogen and oxygen atoms in total. The number of hydrogen-bond acceptors (Lipinski definition) is 5. The third-order valence-electron chi connectivity index (χ3n) is 7.08. The fourth-order valence-corrected chi connectivity index (χ4v) is 5.39. The first kappa shape index (κ1) is 23.0. The van der Waals surface area contributed by atoms with Crippen LogP contribution in [0.15, 0.2) is 12.1 Å². The van der Waals surface area contributed by atoms with Gasteiger partial charge in [-0.3, -0.25) is 4.79 Å². The van der Waals surface area contributed by atoms with Gasteiger partial charge in [-0.2, -0.15) is 5.10 Å². The smallest absolute Gasteiger partial charge is 0.272 e. The van der Waals surface area contributed by atoms with E-state index < -0.39 is 0 Å². The summed E-state index contributed by atoms with van der Waals surface area (Å²) in [5, 5.41) is 8.59. The van der Waals surface area contributed by atoms with Crippen molar-refractivity contribution in [3.8, 4) is 0 Å². The molecule has 176 valence electrons. The molecular formula is C25H40N6O. The summed E-state index contributed by atoms with van der Waals surface area (Å²) in [6.45, 7) is 8.73. The van der Waals surface area contributed by atoms with Gasteiger partial charge in [0.1, 0.15) is 5.82 Å². The highest BCUT2D eigenvalue weighted by atomic mass is 16.2. The lowest BCUT2D eigenvalue weighted by atomic mass is 9.88. The SMILES string of the molecule is CC(C)CN(C)c1ccc2c(C(=O)NC3CCN(CC4CCCCC4)CC3)nn(C)c2n1. The number of carbonyl (C=O) groups excluding carboxylic acids is 1. The van der Waals surface area contributed by atoms with Crippen LogP contribution in [0.3, 0.4) is 0 Å². The van der Waals surface area contributed by atoms with Crippen molar-refractivity contribution in [2.24, 2.45) is 18.9 Å². The fraction of sp³-hybridized carbons (Fsp3) is 0.720. The first-order valence-corrected chi connectivity index (χ1v) is 12.5. The van der Waals surface area contributed by atoms with Crippen molar-refractivity contribution >= 4 is 22.8 Å². The van der Waals surface area contributed by atoms with Gasteiger partial charge in [0.15, 0.2) is 11.3 Å². The van der Waals surface area contributed by atoms with Crippen LogP contribution in [0, 0.1) is 11.8 Å². The van der Waals surface area contributed by atoms with E-state index in [4.69, 9.17) is 4.98 Å². The number of likely N-dealkylation sites (tertiary alicyclic amines) is 1. The molecule has 4 rings (SSSR count). The van der Waals surface area contributed by atoms with Crippen molar-refractivity contribution in [3.05, 3.63) is 17.8 Å². The summed E-state index contributed by atoms with van der Waals surface area (Å²) in [4.78, 5) is 22.6. The number of amides is 1. The number of aryl methyl sites for hydroxylation is 1. The lowest BCUT2D eigenvalue weighted by Gasteiger charge is -2.35. The van der Waals surface area contributed by atoms with Crippen molar-refractivity contribution in [2.75, 3.05) is 38.1 Å². The molecule has 7 heteroatoms. The van der Waals surface area contributed by atoms with E-state index in [0.717, 1.165) is 55.2 Å². The van der Waals surface area contributed by atoms with E-state index in [1.54, 1.807) is 4.68 Å². The molecule has 0 atom stereocenters. The Morgan fingerprint density at radius 2 is 1.88 bits per heavy atom. The van der Waals surface area contributed by atoms with Crippen molar-refractivity contribution in [2.45, 2.75) is 64.8 Å². The van der Waals surface area contributed by atoms with E-state index in [-0.39, 0.29) is 11.9 Å². The van der Waals surface area contributed by atoms with Gasteiger partial charge in [0.2, 0.25) is 0 Å². The fourth-order valence-electron chi connectivity index (χ4n) is 5.39. The molecule has 0 radical (unpaired) electrons. The molecule has 0 bridgehead atoms. The molecule has 1 amide bonds. The predicted octanol–water partition coefficient (Wildman–Crippen LogP) is 3.84. The van der Waals surface area contributed by atoms with Crippen LogP contribution in [0.2, 0.25) is 0 Å². The summed E-state index contributed by atoms with van der Waals surface area (Å²) < 4.78 is 1.73. The number of nitrogens with one attached hydrogen (secondary N) is 1. The molecule has 32 heavy (non-hydrogen) atoms. The molecule has 1 aliphatic heterocycles. The van der Waals surface area contributed by atoms with Crippen LogP contribution in [0.1, 0.15) is 69.3 Å². The van der Waals surface area contributed by atoms with E-state index in [9.17, 15) is 4.79 Å². The zero-order chi connectivity index (χ0) is 22.7. The summed E-state index contributed by atoms with van der Waals surface area (Å²) in [6, 6.07) is 4.21. The minimum absolute atomic E-state index is 0.0774. The summed E-state index contributed by atoms with van der Waals surface area (Å²) >= 11 is 0. The summed E-state index contributed by atoms with van der Waals surface area (Å²) in [5.41, 5.74) is 1.24. The van der Waals surface area contributed by atoms with E-state index in [1.807, 2.05) is 19.2 Å². The number of hydrogen-bond donors (Lipinski definition) is 1. The number of rotatable bonds is 7. The minimum Gasteiger partial charge on any atom is -0.359 e. The third-order valence-corrected chi connectivity index (χ3v) is 7.08. The van der Waals surface area contributed by atoms with Gasteiger partial charge in [-0.25, -0.2) is 9.67 Å². The minimum atomic E-state index is -0.0774. The van der Waals surface area contributed by atoms with Gasteiger partial charge in [-0.1, -0.05) is 33.1 Å². The van der Waals surface area contributed by atoms with E-state index in [2.05, 4.69) is 41.1 Å². The Kier molecular flexibility index (Phi) is 7.33. The summed E-state index contributed by atoms with van der Waals surface area (Å²) in [7, 11) is 3.92. The lowest BCUT2D eigenvalue weighted by molar-refractivity contribution is 0.0897. The van der Waals surface area contributed by atoms with Gasteiger partial charge in [0.05, 0.1) is 5.39 Å². The second-order valence-electron chi connectivity index (χ2n) is 10.3. The first-order chi connectivity index (χ1) is 15.4. The molecule has 2 fully saturated rings. The number of pyridine rings is 1. The normalized spacial score (nSPS) is 19.0. The number of fused-ring (bicyclic) bond motifs is 1. The van der Waals surface area contributed by atoms with Crippen LogP contribution in [0.5, 0.6) is 0 Å². The van der Waals surface area contributed by atoms with Gasteiger partial charge < -0.3 is 15.1 Å². The van der Waals surface area contributed by atoms with Gasteiger partial charge in [0, 0.05) is 46.3 Å². The van der Waals surface area contributed by atoms with Gasteiger partial charge in [0.25, 0.3) is 5.91 Å². The summed E-state index contributed by atoms with van der Waals surface area (Å²) in [6.07, 6.45) is 9.05. The molecule has 2 aromatic rings.